The van der Waals surface area contributed by atoms with E-state index in [1.165, 1.54) is 44.4 Å². The zero-order valence-corrected chi connectivity index (χ0v) is 28.5. The Hall–Kier alpha value is -4.39. The van der Waals surface area contributed by atoms with Crippen LogP contribution in [0.15, 0.2) is 104 Å². The maximum absolute atomic E-state index is 14.4. The molecule has 7 nitrogen and oxygen atoms in total. The summed E-state index contributed by atoms with van der Waals surface area (Å²) in [6.45, 7) is 1.55. The summed E-state index contributed by atoms with van der Waals surface area (Å²) in [5.74, 6) is -0.428. The number of carbonyl (C=O) groups excluding carboxylic acids is 1. The number of methoxy groups -OCH3 is 1. The molecular weight excluding hydrogens is 733 g/mol. The second-order valence-electron chi connectivity index (χ2n) is 10.6. The van der Waals surface area contributed by atoms with Crippen LogP contribution in [0.3, 0.4) is 0 Å². The molecule has 1 aromatic heterocycles. The van der Waals surface area contributed by atoms with Crippen LogP contribution < -0.4 is 24.4 Å². The number of halogens is 5. The number of nitrogens with zero attached hydrogens (tertiary/aromatic N) is 2. The average Bonchev–Trinajstić information content (AvgIpc) is 3.37. The highest BCUT2D eigenvalue weighted by Gasteiger charge is 2.45. The Labute approximate surface area is 289 Å². The highest BCUT2D eigenvalue weighted by Crippen LogP contribution is 2.40. The van der Waals surface area contributed by atoms with E-state index < -0.39 is 35.0 Å². The van der Waals surface area contributed by atoms with Gasteiger partial charge in [0.2, 0.25) is 0 Å². The predicted octanol–water partition coefficient (Wildman–Crippen LogP) is 7.50. The summed E-state index contributed by atoms with van der Waals surface area (Å²) in [5, 5.41) is 2.46. The van der Waals surface area contributed by atoms with Crippen molar-refractivity contribution >= 4 is 61.7 Å². The molecular formula is C35H25BrClF3N2O5S. The summed E-state index contributed by atoms with van der Waals surface area (Å²) in [5.41, 5.74) is -1.15. The van der Waals surface area contributed by atoms with Crippen LogP contribution >= 0.6 is 38.9 Å². The van der Waals surface area contributed by atoms with Gasteiger partial charge in [0, 0.05) is 5.02 Å². The van der Waals surface area contributed by atoms with Crippen LogP contribution in [0, 0.1) is 0 Å². The predicted molar refractivity (Wildman–Crippen MR) is 181 cm³/mol. The molecule has 0 amide bonds. The third kappa shape index (κ3) is 6.52. The Bertz CT molecular complexity index is 2260. The van der Waals surface area contributed by atoms with E-state index in [-0.39, 0.29) is 28.1 Å². The van der Waals surface area contributed by atoms with Crippen molar-refractivity contribution in [3.8, 4) is 11.5 Å². The Balaban J connectivity index is 1.44. The number of hydrogen-bond acceptors (Lipinski definition) is 7. The van der Waals surface area contributed by atoms with Gasteiger partial charge in [0.1, 0.15) is 6.61 Å². The maximum Gasteiger partial charge on any atom is 0.434 e. The molecule has 2 heterocycles. The zero-order valence-electron chi connectivity index (χ0n) is 25.3. The third-order valence-corrected chi connectivity index (χ3v) is 9.41. The van der Waals surface area contributed by atoms with E-state index in [1.807, 2.05) is 42.5 Å². The van der Waals surface area contributed by atoms with Crippen LogP contribution in [-0.4, -0.2) is 30.4 Å². The minimum absolute atomic E-state index is 0.0812. The van der Waals surface area contributed by atoms with Gasteiger partial charge in [0.15, 0.2) is 22.0 Å². The van der Waals surface area contributed by atoms with Crippen molar-refractivity contribution < 1.29 is 32.2 Å². The molecule has 246 valence electrons. The van der Waals surface area contributed by atoms with Gasteiger partial charge in [-0.3, -0.25) is 9.36 Å². The zero-order chi connectivity index (χ0) is 34.2. The number of carbonyl (C=O) groups is 1. The molecule has 0 aliphatic carbocycles. The molecule has 0 saturated heterocycles. The Morgan fingerprint density at radius 3 is 2.52 bits per heavy atom. The van der Waals surface area contributed by atoms with Gasteiger partial charge in [-0.05, 0) is 80.7 Å². The lowest BCUT2D eigenvalue weighted by molar-refractivity contribution is -0.140. The first-order chi connectivity index (χ1) is 23.0. The van der Waals surface area contributed by atoms with E-state index in [9.17, 15) is 22.8 Å². The second-order valence-corrected chi connectivity index (χ2v) is 12.9. The number of ether oxygens (including phenoxy) is 3. The largest absolute Gasteiger partial charge is 0.493 e. The first kappa shape index (κ1) is 33.5. The Kier molecular flexibility index (Phi) is 9.50. The first-order valence-corrected chi connectivity index (χ1v) is 16.5. The molecule has 0 unspecified atom stereocenters. The topological polar surface area (TPSA) is 79.1 Å². The van der Waals surface area contributed by atoms with Crippen LogP contribution in [0.25, 0.3) is 16.8 Å². The number of allylic oxidation sites excluding steroid dienone is 1. The summed E-state index contributed by atoms with van der Waals surface area (Å²) in [4.78, 5) is 30.6. The van der Waals surface area contributed by atoms with Crippen LogP contribution in [0.5, 0.6) is 11.5 Å². The minimum atomic E-state index is -5.01. The van der Waals surface area contributed by atoms with Crippen LogP contribution in [0.1, 0.15) is 29.7 Å². The van der Waals surface area contributed by atoms with Crippen molar-refractivity contribution in [1.29, 1.82) is 0 Å². The van der Waals surface area contributed by atoms with Gasteiger partial charge >= 0.3 is 12.1 Å². The smallest absolute Gasteiger partial charge is 0.434 e. The van der Waals surface area contributed by atoms with Crippen LogP contribution in [0.4, 0.5) is 13.2 Å². The van der Waals surface area contributed by atoms with E-state index in [1.54, 1.807) is 12.1 Å². The third-order valence-electron chi connectivity index (χ3n) is 7.58. The van der Waals surface area contributed by atoms with Gasteiger partial charge in [0.05, 0.1) is 34.3 Å². The van der Waals surface area contributed by atoms with Gasteiger partial charge in [-0.1, -0.05) is 77.5 Å². The number of benzene rings is 4. The van der Waals surface area contributed by atoms with E-state index in [2.05, 4.69) is 20.9 Å². The van der Waals surface area contributed by atoms with E-state index in [0.29, 0.717) is 26.6 Å². The second kappa shape index (κ2) is 13.6. The van der Waals surface area contributed by atoms with Crippen molar-refractivity contribution in [2.24, 2.45) is 4.99 Å². The highest BCUT2D eigenvalue weighted by atomic mass is 79.9. The van der Waals surface area contributed by atoms with Crippen molar-refractivity contribution in [3.05, 3.63) is 136 Å². The average molecular weight is 758 g/mol. The first-order valence-electron chi connectivity index (χ1n) is 14.5. The van der Waals surface area contributed by atoms with E-state index in [0.717, 1.165) is 32.2 Å². The van der Waals surface area contributed by atoms with Crippen molar-refractivity contribution in [2.75, 3.05) is 13.7 Å². The normalized spacial score (nSPS) is 14.9. The SMILES string of the molecule is CCOC(=O)C1=C(C(F)(F)F)N=c2s/c(=C\c3cc(Br)c(OCc4cccc5ccccc45)c(OC)c3)c(=O)n2[C@@H]1c1ccc(Cl)cc1. The maximum atomic E-state index is 14.4. The van der Waals surface area contributed by atoms with Gasteiger partial charge in [0.25, 0.3) is 5.56 Å². The summed E-state index contributed by atoms with van der Waals surface area (Å²) in [7, 11) is 1.48. The Morgan fingerprint density at radius 1 is 1.08 bits per heavy atom. The molecule has 1 atom stereocenters. The molecule has 1 aliphatic heterocycles. The number of thiazole rings is 1. The fraction of sp³-hybridized carbons (Fsp3) is 0.171. The van der Waals surface area contributed by atoms with E-state index >= 15 is 0 Å². The molecule has 4 aromatic carbocycles. The number of hydrogen-bond donors (Lipinski definition) is 0. The number of esters is 1. The quantitative estimate of drug-likeness (QED) is 0.153. The molecule has 5 aromatic rings. The molecule has 0 radical (unpaired) electrons. The minimum Gasteiger partial charge on any atom is -0.493 e. The molecule has 1 aliphatic rings. The number of alkyl halides is 3. The van der Waals surface area contributed by atoms with Crippen LogP contribution in [0.2, 0.25) is 5.02 Å². The molecule has 6 rings (SSSR count). The summed E-state index contributed by atoms with van der Waals surface area (Å²) < 4.78 is 61.7. The van der Waals surface area contributed by atoms with Gasteiger partial charge < -0.3 is 14.2 Å². The lowest BCUT2D eigenvalue weighted by Gasteiger charge is -2.26. The monoisotopic (exact) mass is 756 g/mol. The van der Waals surface area contributed by atoms with Crippen molar-refractivity contribution in [3.63, 3.8) is 0 Å². The molecule has 13 heteroatoms. The molecule has 0 spiro atoms. The standard InChI is InChI=1S/C35H25BrClF3N2O5S/c1-3-46-33(44)28-29(21-11-13-23(37)14-12-21)42-32(43)27(48-34(42)41-31(28)35(38,39)40)17-19-15-25(36)30(26(16-19)45-2)47-18-22-9-6-8-20-7-4-5-10-24(20)22/h4-17,29H,3,18H2,1-2H3/b27-17-/t29-/m1/s1. The van der Waals surface area contributed by atoms with Gasteiger partial charge in [-0.15, -0.1) is 0 Å². The molecule has 0 fully saturated rings. The fourth-order valence-electron chi connectivity index (χ4n) is 5.48. The number of aromatic nitrogens is 1. The molecule has 48 heavy (non-hydrogen) atoms. The lowest BCUT2D eigenvalue weighted by atomic mass is 9.95. The summed E-state index contributed by atoms with van der Waals surface area (Å²) >= 11 is 10.4. The number of rotatable bonds is 8. The number of fused-ring (bicyclic) bond motifs is 2. The summed E-state index contributed by atoms with van der Waals surface area (Å²) in [6, 6.07) is 21.7. The Morgan fingerprint density at radius 2 is 1.81 bits per heavy atom. The molecule has 0 N–H and O–H groups in total. The van der Waals surface area contributed by atoms with Crippen molar-refractivity contribution in [2.45, 2.75) is 25.7 Å². The van der Waals surface area contributed by atoms with Gasteiger partial charge in [-0.25, -0.2) is 9.79 Å². The van der Waals surface area contributed by atoms with Gasteiger partial charge in [-0.2, -0.15) is 13.2 Å². The van der Waals surface area contributed by atoms with Crippen LogP contribution in [-0.2, 0) is 16.1 Å². The summed E-state index contributed by atoms with van der Waals surface area (Å²) in [6.07, 6.45) is -3.49. The lowest BCUT2D eigenvalue weighted by Crippen LogP contribution is -2.41. The highest BCUT2D eigenvalue weighted by molar-refractivity contribution is 9.10. The fourth-order valence-corrected chi connectivity index (χ4v) is 7.18. The molecule has 0 bridgehead atoms. The van der Waals surface area contributed by atoms with Crippen molar-refractivity contribution in [1.82, 2.24) is 4.57 Å². The molecule has 0 saturated carbocycles. The van der Waals surface area contributed by atoms with E-state index in [4.69, 9.17) is 25.8 Å².